The Bertz CT molecular complexity index is 1140. The summed E-state index contributed by atoms with van der Waals surface area (Å²) in [7, 11) is 0. The molecule has 4 rings (SSSR count). The number of halogens is 2. The molecule has 6 nitrogen and oxygen atoms in total. The van der Waals surface area contributed by atoms with Crippen molar-refractivity contribution in [2.24, 2.45) is 0 Å². The molecule has 1 fully saturated rings. The molecule has 3 aromatic rings. The van der Waals surface area contributed by atoms with Crippen LogP contribution >= 0.6 is 23.2 Å². The van der Waals surface area contributed by atoms with Gasteiger partial charge in [-0.1, -0.05) is 41.4 Å². The second-order valence-corrected chi connectivity index (χ2v) is 10.0. The van der Waals surface area contributed by atoms with Crippen molar-refractivity contribution in [3.05, 3.63) is 58.1 Å². The van der Waals surface area contributed by atoms with Gasteiger partial charge in [0.05, 0.1) is 17.6 Å². The number of ether oxygens (including phenoxy) is 1. The maximum Gasteiger partial charge on any atom is 0.410 e. The number of carbonyl (C=O) groups is 1. The number of nitrogens with zero attached hydrogens (tertiary/aromatic N) is 4. The highest BCUT2D eigenvalue weighted by atomic mass is 35.5. The number of amides is 1. The predicted molar refractivity (Wildman–Crippen MR) is 130 cm³/mol. The molecule has 0 aliphatic carbocycles. The fourth-order valence-electron chi connectivity index (χ4n) is 4.01. The summed E-state index contributed by atoms with van der Waals surface area (Å²) in [5.41, 5.74) is 2.42. The molecule has 32 heavy (non-hydrogen) atoms. The number of hydrogen-bond acceptors (Lipinski definition) is 4. The standard InChI is InChI=1S/C24H28Cl2N4O2/c1-16-14-28(23(31)32-24(2,3)4)11-12-29(16)22-27-20-7-5-6-8-21(20)30(22)15-17-9-10-18(25)13-19(17)26/h5-10,13,16H,11-12,14-15H2,1-4H3. The highest BCUT2D eigenvalue weighted by molar-refractivity contribution is 6.35. The lowest BCUT2D eigenvalue weighted by Gasteiger charge is -2.40. The highest BCUT2D eigenvalue weighted by Gasteiger charge is 2.32. The van der Waals surface area contributed by atoms with Crippen molar-refractivity contribution in [1.29, 1.82) is 0 Å². The lowest BCUT2D eigenvalue weighted by molar-refractivity contribution is 0.0218. The summed E-state index contributed by atoms with van der Waals surface area (Å²) >= 11 is 12.6. The zero-order valence-electron chi connectivity index (χ0n) is 18.8. The Morgan fingerprint density at radius 1 is 1.16 bits per heavy atom. The number of para-hydroxylation sites is 2. The van der Waals surface area contributed by atoms with Gasteiger partial charge < -0.3 is 19.1 Å². The number of rotatable bonds is 3. The average molecular weight is 475 g/mol. The van der Waals surface area contributed by atoms with E-state index in [1.54, 1.807) is 11.0 Å². The molecule has 1 atom stereocenters. The molecule has 2 aromatic carbocycles. The normalized spacial score (nSPS) is 17.1. The third kappa shape index (κ3) is 4.81. The topological polar surface area (TPSA) is 50.6 Å². The molecule has 170 valence electrons. The van der Waals surface area contributed by atoms with E-state index < -0.39 is 5.60 Å². The predicted octanol–water partition coefficient (Wildman–Crippen LogP) is 5.84. The molecular formula is C24H28Cl2N4O2. The zero-order valence-corrected chi connectivity index (χ0v) is 20.3. The molecule has 1 aliphatic rings. The second-order valence-electron chi connectivity index (χ2n) is 9.19. The Morgan fingerprint density at radius 3 is 2.59 bits per heavy atom. The first-order valence-electron chi connectivity index (χ1n) is 10.8. The molecule has 1 unspecified atom stereocenters. The van der Waals surface area contributed by atoms with Gasteiger partial charge in [0.1, 0.15) is 5.60 Å². The van der Waals surface area contributed by atoms with Crippen molar-refractivity contribution < 1.29 is 9.53 Å². The van der Waals surface area contributed by atoms with E-state index in [4.69, 9.17) is 32.9 Å². The average Bonchev–Trinajstić information content (AvgIpc) is 3.07. The van der Waals surface area contributed by atoms with Crippen molar-refractivity contribution in [2.45, 2.75) is 45.9 Å². The van der Waals surface area contributed by atoms with Crippen LogP contribution < -0.4 is 4.90 Å². The molecule has 0 spiro atoms. The Kier molecular flexibility index (Phi) is 6.28. The van der Waals surface area contributed by atoms with E-state index in [1.807, 2.05) is 51.1 Å². The summed E-state index contributed by atoms with van der Waals surface area (Å²) in [6, 6.07) is 13.7. The van der Waals surface area contributed by atoms with Crippen molar-refractivity contribution >= 4 is 46.3 Å². The van der Waals surface area contributed by atoms with Crippen molar-refractivity contribution in [3.63, 3.8) is 0 Å². The van der Waals surface area contributed by atoms with E-state index in [2.05, 4.69) is 22.5 Å². The van der Waals surface area contributed by atoms with Crippen LogP contribution in [-0.2, 0) is 11.3 Å². The number of hydrogen-bond donors (Lipinski definition) is 0. The molecule has 1 aliphatic heterocycles. The van der Waals surface area contributed by atoms with Gasteiger partial charge in [-0.3, -0.25) is 0 Å². The van der Waals surface area contributed by atoms with Crippen molar-refractivity contribution in [1.82, 2.24) is 14.5 Å². The van der Waals surface area contributed by atoms with Gasteiger partial charge in [-0.15, -0.1) is 0 Å². The number of anilines is 1. The maximum atomic E-state index is 12.6. The van der Waals surface area contributed by atoms with Crippen LogP contribution in [0.5, 0.6) is 0 Å². The Morgan fingerprint density at radius 2 is 1.91 bits per heavy atom. The van der Waals surface area contributed by atoms with E-state index in [-0.39, 0.29) is 12.1 Å². The summed E-state index contributed by atoms with van der Waals surface area (Å²) in [6.45, 7) is 10.1. The quantitative estimate of drug-likeness (QED) is 0.478. The van der Waals surface area contributed by atoms with Crippen LogP contribution in [0.2, 0.25) is 10.0 Å². The summed E-state index contributed by atoms with van der Waals surface area (Å²) in [6.07, 6.45) is -0.273. The molecule has 1 amide bonds. The molecule has 1 aromatic heterocycles. The van der Waals surface area contributed by atoms with Gasteiger partial charge in [-0.2, -0.15) is 0 Å². The number of benzene rings is 2. The minimum Gasteiger partial charge on any atom is -0.444 e. The summed E-state index contributed by atoms with van der Waals surface area (Å²) in [5.74, 6) is 0.869. The van der Waals surface area contributed by atoms with Gasteiger partial charge in [0.2, 0.25) is 5.95 Å². The molecule has 0 saturated carbocycles. The van der Waals surface area contributed by atoms with Gasteiger partial charge in [0.25, 0.3) is 0 Å². The van der Waals surface area contributed by atoms with E-state index in [9.17, 15) is 4.79 Å². The largest absolute Gasteiger partial charge is 0.444 e. The van der Waals surface area contributed by atoms with Gasteiger partial charge in [-0.05, 0) is 57.5 Å². The van der Waals surface area contributed by atoms with Crippen LogP contribution in [0, 0.1) is 0 Å². The highest BCUT2D eigenvalue weighted by Crippen LogP contribution is 2.29. The molecule has 1 saturated heterocycles. The minimum atomic E-state index is -0.511. The third-order valence-electron chi connectivity index (χ3n) is 5.51. The van der Waals surface area contributed by atoms with Gasteiger partial charge in [0, 0.05) is 35.7 Å². The minimum absolute atomic E-state index is 0.0764. The van der Waals surface area contributed by atoms with Crippen molar-refractivity contribution in [3.8, 4) is 0 Å². The van der Waals surface area contributed by atoms with Gasteiger partial charge >= 0.3 is 6.09 Å². The smallest absolute Gasteiger partial charge is 0.410 e. The molecule has 0 N–H and O–H groups in total. The third-order valence-corrected chi connectivity index (χ3v) is 6.10. The lowest BCUT2D eigenvalue weighted by Crippen LogP contribution is -2.55. The Hall–Kier alpha value is -2.44. The van der Waals surface area contributed by atoms with E-state index in [0.717, 1.165) is 22.5 Å². The van der Waals surface area contributed by atoms with Crippen LogP contribution in [-0.4, -0.2) is 51.8 Å². The van der Waals surface area contributed by atoms with Gasteiger partial charge in [-0.25, -0.2) is 9.78 Å². The van der Waals surface area contributed by atoms with E-state index >= 15 is 0 Å². The van der Waals surface area contributed by atoms with Crippen LogP contribution in [0.15, 0.2) is 42.5 Å². The van der Waals surface area contributed by atoms with Crippen molar-refractivity contribution in [2.75, 3.05) is 24.5 Å². The molecule has 0 radical (unpaired) electrons. The maximum absolute atomic E-state index is 12.6. The molecular weight excluding hydrogens is 447 g/mol. The summed E-state index contributed by atoms with van der Waals surface area (Å²) < 4.78 is 7.75. The Balaban J connectivity index is 1.63. The van der Waals surface area contributed by atoms with Gasteiger partial charge in [0.15, 0.2) is 0 Å². The fourth-order valence-corrected chi connectivity index (χ4v) is 4.47. The molecule has 2 heterocycles. The lowest BCUT2D eigenvalue weighted by atomic mass is 10.2. The van der Waals surface area contributed by atoms with Crippen LogP contribution in [0.1, 0.15) is 33.3 Å². The zero-order chi connectivity index (χ0) is 23.0. The molecule has 8 heteroatoms. The summed E-state index contributed by atoms with van der Waals surface area (Å²) in [5, 5.41) is 1.24. The van der Waals surface area contributed by atoms with Crippen LogP contribution in [0.4, 0.5) is 10.7 Å². The first-order valence-corrected chi connectivity index (χ1v) is 11.5. The Labute approximate surface area is 198 Å². The van der Waals surface area contributed by atoms with Crippen LogP contribution in [0.25, 0.3) is 11.0 Å². The second kappa shape index (κ2) is 8.83. The fraction of sp³-hybridized carbons (Fsp3) is 0.417. The first-order chi connectivity index (χ1) is 15.1. The van der Waals surface area contributed by atoms with Crippen LogP contribution in [0.3, 0.4) is 0 Å². The molecule has 0 bridgehead atoms. The first kappa shape index (κ1) is 22.7. The number of imidazole rings is 1. The number of carbonyl (C=O) groups excluding carboxylic acids is 1. The monoisotopic (exact) mass is 474 g/mol. The number of piperazine rings is 1. The van der Waals surface area contributed by atoms with E-state index in [1.165, 1.54) is 0 Å². The number of aromatic nitrogens is 2. The number of fused-ring (bicyclic) bond motifs is 1. The SMILES string of the molecule is CC1CN(C(=O)OC(C)(C)C)CCN1c1nc2ccccc2n1Cc1ccc(Cl)cc1Cl. The van der Waals surface area contributed by atoms with E-state index in [0.29, 0.717) is 36.2 Å². The summed E-state index contributed by atoms with van der Waals surface area (Å²) in [4.78, 5) is 21.5.